The van der Waals surface area contributed by atoms with E-state index in [-0.39, 0.29) is 21.8 Å². The summed E-state index contributed by atoms with van der Waals surface area (Å²) in [6.45, 7) is 0. The normalized spacial score (nSPS) is 14.4. The van der Waals surface area contributed by atoms with Gasteiger partial charge in [0.15, 0.2) is 0 Å². The molecule has 0 amide bonds. The molecule has 0 bridgehead atoms. The summed E-state index contributed by atoms with van der Waals surface area (Å²) in [5, 5.41) is 3.08. The van der Waals surface area contributed by atoms with Gasteiger partial charge in [-0.1, -0.05) is 34.1 Å². The van der Waals surface area contributed by atoms with Gasteiger partial charge in [-0.2, -0.15) is 4.98 Å². The van der Waals surface area contributed by atoms with Gasteiger partial charge in [-0.05, 0) is 49.2 Å². The van der Waals surface area contributed by atoms with Crippen molar-refractivity contribution in [2.75, 3.05) is 5.32 Å². The van der Waals surface area contributed by atoms with Crippen LogP contribution in [0, 0.1) is 0 Å². The highest BCUT2D eigenvalue weighted by molar-refractivity contribution is 9.10. The second-order valence-corrected chi connectivity index (χ2v) is 8.68. The lowest BCUT2D eigenvalue weighted by Crippen LogP contribution is -2.08. The maximum absolute atomic E-state index is 13.0. The third kappa shape index (κ3) is 3.34. The third-order valence-electron chi connectivity index (χ3n) is 3.91. The number of rotatable bonds is 5. The monoisotopic (exact) mass is 418 g/mol. The summed E-state index contributed by atoms with van der Waals surface area (Å²) < 4.78 is 32.7. The number of hydrogen-bond donors (Lipinski definition) is 1. The second-order valence-electron chi connectivity index (χ2n) is 5.90. The molecule has 128 valence electrons. The average molecular weight is 419 g/mol. The second kappa shape index (κ2) is 6.31. The molecule has 1 aliphatic carbocycles. The lowest BCUT2D eigenvalue weighted by atomic mass is 10.2. The number of aromatic nitrogens is 1. The summed E-state index contributed by atoms with van der Waals surface area (Å²) in [5.74, 6) is 0.503. The van der Waals surface area contributed by atoms with Crippen LogP contribution in [0.2, 0.25) is 0 Å². The number of nitrogens with one attached hydrogen (secondary N) is 1. The topological polar surface area (TPSA) is 72.2 Å². The SMILES string of the molecule is O=S(=O)(c1ccc(Br)cc1)c1nc(-c2ccccc2)oc1NC1CC1. The number of hydrogen-bond acceptors (Lipinski definition) is 5. The van der Waals surface area contributed by atoms with Gasteiger partial charge >= 0.3 is 0 Å². The van der Waals surface area contributed by atoms with Crippen molar-refractivity contribution in [2.45, 2.75) is 28.8 Å². The van der Waals surface area contributed by atoms with Gasteiger partial charge in [0.25, 0.3) is 0 Å². The highest BCUT2D eigenvalue weighted by Crippen LogP contribution is 2.35. The molecule has 1 N–H and O–H groups in total. The molecule has 25 heavy (non-hydrogen) atoms. The molecule has 5 nitrogen and oxygen atoms in total. The first-order valence-corrected chi connectivity index (χ1v) is 10.1. The molecule has 0 unspecified atom stereocenters. The van der Waals surface area contributed by atoms with Crippen LogP contribution in [0.15, 0.2) is 73.4 Å². The van der Waals surface area contributed by atoms with Gasteiger partial charge in [-0.3, -0.25) is 0 Å². The fourth-order valence-corrected chi connectivity index (χ4v) is 3.95. The Kier molecular flexibility index (Phi) is 4.13. The number of oxazole rings is 1. The summed E-state index contributed by atoms with van der Waals surface area (Å²) in [7, 11) is -3.78. The Labute approximate surface area is 154 Å². The van der Waals surface area contributed by atoms with Crippen LogP contribution in [0.1, 0.15) is 12.8 Å². The van der Waals surface area contributed by atoms with E-state index in [2.05, 4.69) is 26.2 Å². The number of benzene rings is 2. The van der Waals surface area contributed by atoms with E-state index in [9.17, 15) is 8.42 Å². The molecule has 1 fully saturated rings. The smallest absolute Gasteiger partial charge is 0.234 e. The molecule has 1 aromatic heterocycles. The molecule has 3 aromatic rings. The van der Waals surface area contributed by atoms with Crippen molar-refractivity contribution in [3.05, 3.63) is 59.1 Å². The molecule has 0 spiro atoms. The van der Waals surface area contributed by atoms with Gasteiger partial charge in [0, 0.05) is 16.1 Å². The van der Waals surface area contributed by atoms with Crippen LogP contribution in [-0.2, 0) is 9.84 Å². The zero-order valence-electron chi connectivity index (χ0n) is 13.1. The van der Waals surface area contributed by atoms with Crippen molar-refractivity contribution in [2.24, 2.45) is 0 Å². The first-order valence-electron chi connectivity index (χ1n) is 7.87. The summed E-state index contributed by atoms with van der Waals surface area (Å²) in [4.78, 5) is 4.49. The number of anilines is 1. The van der Waals surface area contributed by atoms with E-state index < -0.39 is 9.84 Å². The molecule has 0 aliphatic heterocycles. The highest BCUT2D eigenvalue weighted by Gasteiger charge is 2.32. The Morgan fingerprint density at radius 1 is 1.04 bits per heavy atom. The van der Waals surface area contributed by atoms with E-state index in [0.29, 0.717) is 5.89 Å². The van der Waals surface area contributed by atoms with Crippen LogP contribution >= 0.6 is 15.9 Å². The molecule has 1 aliphatic rings. The minimum absolute atomic E-state index is 0.0689. The van der Waals surface area contributed by atoms with E-state index >= 15 is 0 Å². The molecule has 0 radical (unpaired) electrons. The van der Waals surface area contributed by atoms with Crippen LogP contribution in [0.4, 0.5) is 5.88 Å². The molecule has 0 atom stereocenters. The Morgan fingerprint density at radius 2 is 1.72 bits per heavy atom. The Bertz CT molecular complexity index is 995. The minimum atomic E-state index is -3.78. The van der Waals surface area contributed by atoms with Gasteiger partial charge in [-0.15, -0.1) is 0 Å². The lowest BCUT2D eigenvalue weighted by Gasteiger charge is -2.05. The van der Waals surface area contributed by atoms with E-state index in [4.69, 9.17) is 4.42 Å². The largest absolute Gasteiger partial charge is 0.419 e. The Balaban J connectivity index is 1.81. The molecule has 0 saturated heterocycles. The van der Waals surface area contributed by atoms with Gasteiger partial charge in [0.2, 0.25) is 26.6 Å². The Morgan fingerprint density at radius 3 is 2.36 bits per heavy atom. The molecule has 2 aromatic carbocycles. The fraction of sp³-hybridized carbons (Fsp3) is 0.167. The maximum atomic E-state index is 13.0. The van der Waals surface area contributed by atoms with Crippen LogP contribution in [-0.4, -0.2) is 19.4 Å². The quantitative estimate of drug-likeness (QED) is 0.659. The molecular formula is C18H15BrN2O3S. The van der Waals surface area contributed by atoms with Crippen molar-refractivity contribution < 1.29 is 12.8 Å². The summed E-state index contributed by atoms with van der Waals surface area (Å²) in [6, 6.07) is 16.0. The highest BCUT2D eigenvalue weighted by atomic mass is 79.9. The van der Waals surface area contributed by atoms with Crippen LogP contribution in [0.25, 0.3) is 11.5 Å². The van der Waals surface area contributed by atoms with Gasteiger partial charge in [0.1, 0.15) is 0 Å². The van der Waals surface area contributed by atoms with Crippen LogP contribution in [0.5, 0.6) is 0 Å². The van der Waals surface area contributed by atoms with Crippen molar-refractivity contribution in [3.8, 4) is 11.5 Å². The van der Waals surface area contributed by atoms with Crippen LogP contribution < -0.4 is 5.32 Å². The molecule has 7 heteroatoms. The number of sulfone groups is 1. The van der Waals surface area contributed by atoms with Crippen molar-refractivity contribution in [3.63, 3.8) is 0 Å². The molecule has 1 heterocycles. The van der Waals surface area contributed by atoms with Gasteiger partial charge in [-0.25, -0.2) is 8.42 Å². The minimum Gasteiger partial charge on any atom is -0.419 e. The number of nitrogens with zero attached hydrogens (tertiary/aromatic N) is 1. The lowest BCUT2D eigenvalue weighted by molar-refractivity contribution is 0.576. The third-order valence-corrected chi connectivity index (χ3v) is 6.12. The van der Waals surface area contributed by atoms with E-state index in [1.807, 2.05) is 30.3 Å². The summed E-state index contributed by atoms with van der Waals surface area (Å²) >= 11 is 3.32. The predicted molar refractivity (Wildman–Crippen MR) is 98.2 cm³/mol. The number of halogens is 1. The maximum Gasteiger partial charge on any atom is 0.234 e. The van der Waals surface area contributed by atoms with Gasteiger partial charge < -0.3 is 9.73 Å². The average Bonchev–Trinajstić information content (AvgIpc) is 3.32. The Hall–Kier alpha value is -2.12. The van der Waals surface area contributed by atoms with Crippen molar-refractivity contribution in [1.29, 1.82) is 0 Å². The van der Waals surface area contributed by atoms with E-state index in [1.54, 1.807) is 24.3 Å². The van der Waals surface area contributed by atoms with E-state index in [0.717, 1.165) is 22.9 Å². The molecule has 1 saturated carbocycles. The fourth-order valence-electron chi connectivity index (χ4n) is 2.42. The van der Waals surface area contributed by atoms with Gasteiger partial charge in [0.05, 0.1) is 4.90 Å². The zero-order valence-corrected chi connectivity index (χ0v) is 15.5. The van der Waals surface area contributed by atoms with Crippen molar-refractivity contribution in [1.82, 2.24) is 4.98 Å². The van der Waals surface area contributed by atoms with E-state index in [1.165, 1.54) is 0 Å². The predicted octanol–water partition coefficient (Wildman–Crippen LogP) is 4.51. The van der Waals surface area contributed by atoms with Crippen LogP contribution in [0.3, 0.4) is 0 Å². The molecule has 4 rings (SSSR count). The first-order chi connectivity index (χ1) is 12.0. The zero-order chi connectivity index (χ0) is 17.4. The molecular weight excluding hydrogens is 404 g/mol. The van der Waals surface area contributed by atoms with Crippen molar-refractivity contribution >= 4 is 31.7 Å². The summed E-state index contributed by atoms with van der Waals surface area (Å²) in [5.41, 5.74) is 0.735. The first kappa shape index (κ1) is 16.4. The standard InChI is InChI=1S/C18H15BrN2O3S/c19-13-6-10-15(11-7-13)25(22,23)18-17(20-14-8-9-14)24-16(21-18)12-4-2-1-3-5-12/h1-7,10-11,14,20H,8-9H2. The summed E-state index contributed by atoms with van der Waals surface area (Å²) in [6.07, 6.45) is 2.00.